The number of benzene rings is 1. The lowest BCUT2D eigenvalue weighted by Gasteiger charge is -2.37. The Morgan fingerprint density at radius 1 is 1.30 bits per heavy atom. The molecule has 112 valence electrons. The average molecular weight is 277 g/mol. The number of rotatable bonds is 8. The van der Waals surface area contributed by atoms with Crippen LogP contribution < -0.4 is 5.32 Å². The maximum absolute atomic E-state index is 13.2. The zero-order valence-corrected chi connectivity index (χ0v) is 12.9. The van der Waals surface area contributed by atoms with Crippen molar-refractivity contribution >= 4 is 0 Å². The Morgan fingerprint density at radius 2 is 2.10 bits per heavy atom. The molecule has 1 saturated carbocycles. The molecule has 1 N–H and O–H groups in total. The molecule has 1 atom stereocenters. The van der Waals surface area contributed by atoms with Crippen molar-refractivity contribution in [3.63, 3.8) is 0 Å². The van der Waals surface area contributed by atoms with Gasteiger partial charge in [-0.2, -0.15) is 0 Å². The Bertz CT molecular complexity index is 398. The lowest BCUT2D eigenvalue weighted by molar-refractivity contribution is 0.268. The third-order valence-electron chi connectivity index (χ3n) is 4.70. The predicted octanol–water partition coefficient (Wildman–Crippen LogP) is 4.88. The molecule has 2 heteroatoms. The molecule has 1 aliphatic carbocycles. The minimum absolute atomic E-state index is 0.107. The number of unbranched alkanes of at least 4 members (excludes halogenated alkanes) is 1. The van der Waals surface area contributed by atoms with Crippen LogP contribution in [0.1, 0.15) is 63.9 Å². The van der Waals surface area contributed by atoms with E-state index in [1.54, 1.807) is 6.07 Å². The highest BCUT2D eigenvalue weighted by Gasteiger charge is 2.30. The van der Waals surface area contributed by atoms with Crippen molar-refractivity contribution < 1.29 is 4.39 Å². The van der Waals surface area contributed by atoms with E-state index in [-0.39, 0.29) is 5.82 Å². The van der Waals surface area contributed by atoms with Crippen LogP contribution in [0.4, 0.5) is 4.39 Å². The molecular formula is C18H28FN. The van der Waals surface area contributed by atoms with E-state index in [1.165, 1.54) is 37.3 Å². The number of halogens is 1. The molecular weight excluding hydrogens is 249 g/mol. The van der Waals surface area contributed by atoms with Crippen molar-refractivity contribution in [2.45, 2.75) is 64.3 Å². The summed E-state index contributed by atoms with van der Waals surface area (Å²) in [4.78, 5) is 0. The van der Waals surface area contributed by atoms with E-state index in [2.05, 4.69) is 25.2 Å². The summed E-state index contributed by atoms with van der Waals surface area (Å²) in [6.07, 6.45) is 7.58. The largest absolute Gasteiger partial charge is 0.314 e. The minimum Gasteiger partial charge on any atom is -0.314 e. The molecule has 0 radical (unpaired) electrons. The predicted molar refractivity (Wildman–Crippen MR) is 83.5 cm³/mol. The highest BCUT2D eigenvalue weighted by atomic mass is 19.1. The SMILES string of the molecule is CCCCC(CC)CNC1CC(c2cccc(F)c2)C1. The van der Waals surface area contributed by atoms with Gasteiger partial charge in [0.05, 0.1) is 0 Å². The molecule has 0 aromatic heterocycles. The van der Waals surface area contributed by atoms with Crippen LogP contribution in [0.5, 0.6) is 0 Å². The molecule has 1 unspecified atom stereocenters. The molecule has 1 aromatic rings. The fourth-order valence-electron chi connectivity index (χ4n) is 3.09. The second-order valence-electron chi connectivity index (χ2n) is 6.25. The Kier molecular flexibility index (Phi) is 6.03. The summed E-state index contributed by atoms with van der Waals surface area (Å²) in [6.45, 7) is 5.70. The van der Waals surface area contributed by atoms with E-state index in [4.69, 9.17) is 0 Å². The van der Waals surface area contributed by atoms with E-state index in [0.717, 1.165) is 25.3 Å². The van der Waals surface area contributed by atoms with Gasteiger partial charge in [0, 0.05) is 6.04 Å². The van der Waals surface area contributed by atoms with Crippen LogP contribution in [0, 0.1) is 11.7 Å². The van der Waals surface area contributed by atoms with Gasteiger partial charge in [-0.15, -0.1) is 0 Å². The normalized spacial score (nSPS) is 23.4. The Labute approximate surface area is 123 Å². The molecule has 0 saturated heterocycles. The zero-order chi connectivity index (χ0) is 14.4. The van der Waals surface area contributed by atoms with E-state index >= 15 is 0 Å². The summed E-state index contributed by atoms with van der Waals surface area (Å²) >= 11 is 0. The van der Waals surface area contributed by atoms with Gasteiger partial charge in [-0.25, -0.2) is 4.39 Å². The maximum atomic E-state index is 13.2. The third-order valence-corrected chi connectivity index (χ3v) is 4.70. The monoisotopic (exact) mass is 277 g/mol. The molecule has 1 aliphatic rings. The van der Waals surface area contributed by atoms with Crippen molar-refractivity contribution in [3.8, 4) is 0 Å². The van der Waals surface area contributed by atoms with E-state index < -0.39 is 0 Å². The molecule has 1 nitrogen and oxygen atoms in total. The van der Waals surface area contributed by atoms with Crippen LogP contribution in [0.25, 0.3) is 0 Å². The fraction of sp³-hybridized carbons (Fsp3) is 0.667. The highest BCUT2D eigenvalue weighted by Crippen LogP contribution is 2.37. The molecule has 0 spiro atoms. The van der Waals surface area contributed by atoms with E-state index in [9.17, 15) is 4.39 Å². The topological polar surface area (TPSA) is 12.0 Å². The minimum atomic E-state index is -0.107. The third kappa shape index (κ3) is 4.31. The Morgan fingerprint density at radius 3 is 2.75 bits per heavy atom. The molecule has 1 aromatic carbocycles. The van der Waals surface area contributed by atoms with Gasteiger partial charge in [0.2, 0.25) is 0 Å². The maximum Gasteiger partial charge on any atom is 0.123 e. The molecule has 0 aliphatic heterocycles. The van der Waals surface area contributed by atoms with Crippen molar-refractivity contribution in [2.24, 2.45) is 5.92 Å². The summed E-state index contributed by atoms with van der Waals surface area (Å²) in [7, 11) is 0. The van der Waals surface area contributed by atoms with Gasteiger partial charge < -0.3 is 5.32 Å². The molecule has 0 bridgehead atoms. The summed E-state index contributed by atoms with van der Waals surface area (Å²) in [5.74, 6) is 1.27. The molecule has 20 heavy (non-hydrogen) atoms. The average Bonchev–Trinajstić information content (AvgIpc) is 2.40. The van der Waals surface area contributed by atoms with Crippen molar-refractivity contribution in [2.75, 3.05) is 6.54 Å². The Hall–Kier alpha value is -0.890. The quantitative estimate of drug-likeness (QED) is 0.714. The van der Waals surface area contributed by atoms with Gasteiger partial charge in [0.15, 0.2) is 0 Å². The summed E-state index contributed by atoms with van der Waals surface area (Å²) in [6, 6.07) is 7.73. The van der Waals surface area contributed by atoms with Crippen LogP contribution in [0.2, 0.25) is 0 Å². The second-order valence-corrected chi connectivity index (χ2v) is 6.25. The van der Waals surface area contributed by atoms with Gasteiger partial charge >= 0.3 is 0 Å². The van der Waals surface area contributed by atoms with Crippen LogP contribution in [-0.4, -0.2) is 12.6 Å². The first-order chi connectivity index (χ1) is 9.72. The van der Waals surface area contributed by atoms with Crippen LogP contribution in [-0.2, 0) is 0 Å². The molecule has 0 heterocycles. The molecule has 0 amide bonds. The fourth-order valence-corrected chi connectivity index (χ4v) is 3.09. The van der Waals surface area contributed by atoms with Crippen molar-refractivity contribution in [3.05, 3.63) is 35.6 Å². The van der Waals surface area contributed by atoms with E-state index in [1.807, 2.05) is 6.07 Å². The first-order valence-corrected chi connectivity index (χ1v) is 8.21. The lowest BCUT2D eigenvalue weighted by Crippen LogP contribution is -2.42. The zero-order valence-electron chi connectivity index (χ0n) is 12.9. The second kappa shape index (κ2) is 7.78. The van der Waals surface area contributed by atoms with Gasteiger partial charge in [-0.05, 0) is 55.3 Å². The highest BCUT2D eigenvalue weighted by molar-refractivity contribution is 5.23. The van der Waals surface area contributed by atoms with Gasteiger partial charge in [-0.1, -0.05) is 45.2 Å². The standard InChI is InChI=1S/C18H28FN/c1-3-5-7-14(4-2)13-20-18-11-16(12-18)15-8-6-9-17(19)10-15/h6,8-10,14,16,18,20H,3-5,7,11-13H2,1-2H3. The van der Waals surface area contributed by atoms with Gasteiger partial charge in [0.1, 0.15) is 5.82 Å². The first kappa shape index (κ1) is 15.5. The van der Waals surface area contributed by atoms with Crippen LogP contribution in [0.15, 0.2) is 24.3 Å². The summed E-state index contributed by atoms with van der Waals surface area (Å²) in [5, 5.41) is 3.70. The van der Waals surface area contributed by atoms with Gasteiger partial charge in [0.25, 0.3) is 0 Å². The lowest BCUT2D eigenvalue weighted by atomic mass is 9.75. The first-order valence-electron chi connectivity index (χ1n) is 8.21. The summed E-state index contributed by atoms with van der Waals surface area (Å²) in [5.41, 5.74) is 1.17. The number of nitrogens with one attached hydrogen (secondary N) is 1. The summed E-state index contributed by atoms with van der Waals surface area (Å²) < 4.78 is 13.2. The van der Waals surface area contributed by atoms with Crippen LogP contribution >= 0.6 is 0 Å². The van der Waals surface area contributed by atoms with Crippen LogP contribution in [0.3, 0.4) is 0 Å². The molecule has 2 rings (SSSR count). The Balaban J connectivity index is 1.68. The van der Waals surface area contributed by atoms with Crippen molar-refractivity contribution in [1.82, 2.24) is 5.32 Å². The van der Waals surface area contributed by atoms with E-state index in [0.29, 0.717) is 12.0 Å². The number of hydrogen-bond donors (Lipinski definition) is 1. The number of hydrogen-bond acceptors (Lipinski definition) is 1. The molecule has 1 fully saturated rings. The van der Waals surface area contributed by atoms with Crippen molar-refractivity contribution in [1.29, 1.82) is 0 Å². The van der Waals surface area contributed by atoms with Gasteiger partial charge in [-0.3, -0.25) is 0 Å². The smallest absolute Gasteiger partial charge is 0.123 e.